The number of aryl methyl sites for hydroxylation is 3. The highest BCUT2D eigenvalue weighted by atomic mass is 35.5. The van der Waals surface area contributed by atoms with Crippen LogP contribution < -0.4 is 20.7 Å². The molecule has 5 atom stereocenters. The van der Waals surface area contributed by atoms with Gasteiger partial charge >= 0.3 is 0 Å². The van der Waals surface area contributed by atoms with E-state index in [9.17, 15) is 24.3 Å². The van der Waals surface area contributed by atoms with E-state index in [2.05, 4.69) is 45.0 Å². The van der Waals surface area contributed by atoms with Gasteiger partial charge in [0.05, 0.1) is 40.4 Å². The zero-order valence-electron chi connectivity index (χ0n) is 42.4. The highest BCUT2D eigenvalue weighted by Crippen LogP contribution is 2.40. The Balaban J connectivity index is 0.754. The highest BCUT2D eigenvalue weighted by Gasteiger charge is 2.45. The summed E-state index contributed by atoms with van der Waals surface area (Å²) in [6.07, 6.45) is 0.255. The molecule has 4 N–H and O–H groups in total. The highest BCUT2D eigenvalue weighted by molar-refractivity contribution is 7.15. The number of furan rings is 1. The average Bonchev–Trinajstić information content (AvgIpc) is 4.19. The van der Waals surface area contributed by atoms with E-state index in [1.54, 1.807) is 46.9 Å². The molecule has 10 rings (SSSR count). The Bertz CT molecular complexity index is 3330. The molecule has 74 heavy (non-hydrogen) atoms. The largest absolute Gasteiger partial charge is 0.490 e. The average molecular weight is 1060 g/mol. The standard InChI is InChI=1S/C55H58ClN9O7S2/c1-27-30(4)74-54-46(27)47(33-13-15-36(56)16-14-33)60-41(50-63-62-31(5)65(50)54)24-45(67)59-37-21-40(22-37)71-39-17-18-43-35(19-39)20-44(72-43)52(69)61-49(55(6,7)8)53(70)64-25-38(66)23-42(64)51(68)58-28(2)32-9-11-34(12-10-32)48-29(3)57-26-73-48/h9-20,26,28,37-38,40-42,49,66H,21-25H2,1-8H3,(H,58,68)(H,59,67)(H,61,69)/t28-,37-,38-,40+,41-,42+,49?/m0/s1. The Hall–Kier alpha value is -6.73. The number of thiophene rings is 1. The van der Waals surface area contributed by atoms with Crippen molar-refractivity contribution in [1.82, 2.24) is 40.6 Å². The second-order valence-corrected chi connectivity index (χ2v) is 23.2. The number of nitrogens with zero attached hydrogens (tertiary/aromatic N) is 6. The number of aromatic nitrogens is 4. The normalized spacial score (nSPS) is 20.2. The van der Waals surface area contributed by atoms with Crippen LogP contribution in [0, 0.1) is 33.1 Å². The van der Waals surface area contributed by atoms with Crippen molar-refractivity contribution in [2.24, 2.45) is 10.4 Å². The first kappa shape index (κ1) is 50.8. The zero-order valence-corrected chi connectivity index (χ0v) is 44.7. The lowest BCUT2D eigenvalue weighted by molar-refractivity contribution is -0.142. The first-order valence-corrected chi connectivity index (χ1v) is 26.8. The Morgan fingerprint density at radius 1 is 0.932 bits per heavy atom. The maximum Gasteiger partial charge on any atom is 0.287 e. The predicted octanol–water partition coefficient (Wildman–Crippen LogP) is 9.08. The third-order valence-electron chi connectivity index (χ3n) is 14.2. The lowest BCUT2D eigenvalue weighted by Gasteiger charge is -2.36. The van der Waals surface area contributed by atoms with E-state index >= 15 is 0 Å². The number of thiazole rings is 1. The molecule has 4 aromatic heterocycles. The Kier molecular flexibility index (Phi) is 13.9. The molecule has 1 saturated carbocycles. The molecule has 1 saturated heterocycles. The number of carbonyl (C=O) groups is 4. The summed E-state index contributed by atoms with van der Waals surface area (Å²) in [6.45, 7) is 15.4. The minimum atomic E-state index is -1.06. The van der Waals surface area contributed by atoms with Crippen LogP contribution in [-0.4, -0.2) is 96.0 Å². The van der Waals surface area contributed by atoms with E-state index in [1.807, 2.05) is 100 Å². The Labute approximate surface area is 441 Å². The lowest BCUT2D eigenvalue weighted by Crippen LogP contribution is -2.57. The number of fused-ring (bicyclic) bond motifs is 4. The second-order valence-electron chi connectivity index (χ2n) is 20.7. The predicted molar refractivity (Wildman–Crippen MR) is 285 cm³/mol. The number of halogens is 1. The smallest absolute Gasteiger partial charge is 0.287 e. The molecule has 384 valence electrons. The van der Waals surface area contributed by atoms with Gasteiger partial charge in [-0.15, -0.1) is 32.9 Å². The van der Waals surface area contributed by atoms with Gasteiger partial charge in [-0.1, -0.05) is 68.8 Å². The number of amides is 4. The summed E-state index contributed by atoms with van der Waals surface area (Å²) in [5, 5.41) is 31.1. The van der Waals surface area contributed by atoms with Gasteiger partial charge in [0.25, 0.3) is 5.91 Å². The van der Waals surface area contributed by atoms with Gasteiger partial charge < -0.3 is 35.1 Å². The van der Waals surface area contributed by atoms with E-state index in [4.69, 9.17) is 25.7 Å². The summed E-state index contributed by atoms with van der Waals surface area (Å²) in [5.41, 5.74) is 8.16. The Morgan fingerprint density at radius 3 is 2.36 bits per heavy atom. The van der Waals surface area contributed by atoms with Gasteiger partial charge in [0.2, 0.25) is 17.7 Å². The summed E-state index contributed by atoms with van der Waals surface area (Å²) >= 11 is 9.51. The monoisotopic (exact) mass is 1060 g/mol. The molecule has 0 radical (unpaired) electrons. The Morgan fingerprint density at radius 2 is 1.66 bits per heavy atom. The number of hydrogen-bond acceptors (Lipinski definition) is 13. The quantitative estimate of drug-likeness (QED) is 0.0862. The molecule has 19 heteroatoms. The SMILES string of the molecule is Cc1ncsc1-c1ccc([C@H](C)NC(=O)[C@H]2C[C@H](O)CN2C(=O)C(NC(=O)c2cc3cc(O[C@H]4C[C@@H](NC(=O)C[C@@H]5N=C(c6ccc(Cl)cc6)c6c(sc(C)c6C)-n6c(C)nnc65)C4)ccc3o2)C(C)(C)C)cc1. The van der Waals surface area contributed by atoms with E-state index < -0.39 is 47.4 Å². The first-order chi connectivity index (χ1) is 35.3. The maximum absolute atomic E-state index is 14.4. The number of nitrogens with one attached hydrogen (secondary N) is 3. The number of likely N-dealkylation sites (tertiary alicyclic amines) is 1. The van der Waals surface area contributed by atoms with E-state index in [0.29, 0.717) is 40.4 Å². The van der Waals surface area contributed by atoms with Gasteiger partial charge in [-0.3, -0.25) is 28.7 Å². The van der Waals surface area contributed by atoms with Crippen LogP contribution in [0.5, 0.6) is 5.75 Å². The number of aliphatic imine (C=N–C) groups is 1. The van der Waals surface area contributed by atoms with Crippen LogP contribution in [0.15, 0.2) is 87.7 Å². The molecule has 3 aromatic carbocycles. The van der Waals surface area contributed by atoms with Crippen molar-refractivity contribution in [2.75, 3.05) is 6.54 Å². The fraction of sp³-hybridized carbons (Fsp3) is 0.382. The molecule has 1 unspecified atom stereocenters. The number of carbonyl (C=O) groups excluding carboxylic acids is 4. The molecular weight excluding hydrogens is 998 g/mol. The first-order valence-electron chi connectivity index (χ1n) is 24.8. The molecular formula is C55H58ClN9O7S2. The summed E-state index contributed by atoms with van der Waals surface area (Å²) in [7, 11) is 0. The van der Waals surface area contributed by atoms with Gasteiger partial charge in [-0.25, -0.2) is 4.98 Å². The molecule has 6 heterocycles. The molecule has 7 aromatic rings. The molecule has 16 nitrogen and oxygen atoms in total. The fourth-order valence-electron chi connectivity index (χ4n) is 9.99. The molecule has 3 aliphatic rings. The lowest BCUT2D eigenvalue weighted by atomic mass is 9.85. The van der Waals surface area contributed by atoms with Gasteiger partial charge in [-0.2, -0.15) is 0 Å². The van der Waals surface area contributed by atoms with Crippen LogP contribution >= 0.6 is 34.3 Å². The third kappa shape index (κ3) is 10.1. The third-order valence-corrected chi connectivity index (χ3v) is 16.7. The second kappa shape index (κ2) is 20.2. The number of aliphatic hydroxyl groups excluding tert-OH is 1. The summed E-state index contributed by atoms with van der Waals surface area (Å²) in [4.78, 5) is 69.0. The minimum Gasteiger partial charge on any atom is -0.490 e. The van der Waals surface area contributed by atoms with Crippen molar-refractivity contribution < 1.29 is 33.4 Å². The van der Waals surface area contributed by atoms with Crippen LogP contribution in [0.2, 0.25) is 5.02 Å². The van der Waals surface area contributed by atoms with Gasteiger partial charge in [0.1, 0.15) is 46.4 Å². The van der Waals surface area contributed by atoms with Crippen molar-refractivity contribution >= 4 is 74.6 Å². The van der Waals surface area contributed by atoms with E-state index in [-0.39, 0.29) is 49.2 Å². The van der Waals surface area contributed by atoms with Crippen LogP contribution in [-0.2, 0) is 14.4 Å². The number of ether oxygens (including phenoxy) is 1. The minimum absolute atomic E-state index is 0.000667. The topological polar surface area (TPSA) is 206 Å². The van der Waals surface area contributed by atoms with Crippen molar-refractivity contribution in [3.8, 4) is 21.2 Å². The van der Waals surface area contributed by atoms with Gasteiger partial charge in [0.15, 0.2) is 11.6 Å². The molecule has 4 amide bonds. The van der Waals surface area contributed by atoms with Crippen molar-refractivity contribution in [3.63, 3.8) is 0 Å². The van der Waals surface area contributed by atoms with Crippen LogP contribution in [0.1, 0.15) is 120 Å². The maximum atomic E-state index is 14.4. The van der Waals surface area contributed by atoms with E-state index in [1.165, 1.54) is 4.90 Å². The van der Waals surface area contributed by atoms with Crippen LogP contribution in [0.3, 0.4) is 0 Å². The van der Waals surface area contributed by atoms with Gasteiger partial charge in [-0.05, 0) is 93.1 Å². The molecule has 0 bridgehead atoms. The van der Waals surface area contributed by atoms with E-state index in [0.717, 1.165) is 59.8 Å². The zero-order chi connectivity index (χ0) is 52.3. The number of benzene rings is 3. The van der Waals surface area contributed by atoms with Crippen molar-refractivity contribution in [1.29, 1.82) is 0 Å². The van der Waals surface area contributed by atoms with Crippen molar-refractivity contribution in [3.05, 3.63) is 134 Å². The fourth-order valence-corrected chi connectivity index (χ4v) is 12.1. The summed E-state index contributed by atoms with van der Waals surface area (Å²) in [5.74, 6) is 0.276. The van der Waals surface area contributed by atoms with Crippen LogP contribution in [0.25, 0.3) is 26.4 Å². The molecule has 1 aliphatic carbocycles. The molecule has 2 fully saturated rings. The summed E-state index contributed by atoms with van der Waals surface area (Å²) < 4.78 is 14.4. The number of aliphatic hydroxyl groups is 1. The molecule has 0 spiro atoms. The number of rotatable bonds is 13. The van der Waals surface area contributed by atoms with Crippen molar-refractivity contribution in [2.45, 2.75) is 123 Å². The van der Waals surface area contributed by atoms with Crippen LogP contribution in [0.4, 0.5) is 0 Å². The summed E-state index contributed by atoms with van der Waals surface area (Å²) in [6, 6.07) is 19.3. The molecule has 2 aliphatic heterocycles. The number of hydrogen-bond donors (Lipinski definition) is 4. The van der Waals surface area contributed by atoms with Gasteiger partial charge in [0, 0.05) is 58.3 Å². The number of β-amino-alcohol motifs (C(OH)–C–C–N with tert-alkyl or cyclic N) is 1.